The van der Waals surface area contributed by atoms with Gasteiger partial charge in [-0.15, -0.1) is 0 Å². The van der Waals surface area contributed by atoms with E-state index in [9.17, 15) is 14.4 Å². The van der Waals surface area contributed by atoms with Crippen LogP contribution in [0.5, 0.6) is 0 Å². The Morgan fingerprint density at radius 2 is 0.550 bits per heavy atom. The second kappa shape index (κ2) is 48.4. The summed E-state index contributed by atoms with van der Waals surface area (Å²) in [6, 6.07) is 0. The van der Waals surface area contributed by atoms with E-state index in [2.05, 4.69) is 27.7 Å². The van der Waals surface area contributed by atoms with Crippen molar-refractivity contribution in [2.75, 3.05) is 13.2 Å². The smallest absolute Gasteiger partial charge is 0.306 e. The number of unbranched alkanes of at least 4 members (excludes halogenated alkanes) is 36. The Morgan fingerprint density at radius 3 is 0.817 bits per heavy atom. The van der Waals surface area contributed by atoms with Crippen molar-refractivity contribution < 1.29 is 28.6 Å². The summed E-state index contributed by atoms with van der Waals surface area (Å²) in [6.07, 6.45) is 50.9. The molecule has 356 valence electrons. The molecular formula is C54H104O6. The molecule has 0 bridgehead atoms. The van der Waals surface area contributed by atoms with E-state index in [1.54, 1.807) is 0 Å². The first kappa shape index (κ1) is 58.4. The van der Waals surface area contributed by atoms with Crippen LogP contribution in [-0.2, 0) is 28.6 Å². The fraction of sp³-hybridized carbons (Fsp3) is 0.944. The molecule has 1 atom stereocenters. The molecular weight excluding hydrogens is 745 g/mol. The number of esters is 3. The molecule has 0 fully saturated rings. The summed E-state index contributed by atoms with van der Waals surface area (Å²) in [5, 5.41) is 0. The normalized spacial score (nSPS) is 11.9. The minimum absolute atomic E-state index is 0.0625. The summed E-state index contributed by atoms with van der Waals surface area (Å²) >= 11 is 0. The standard InChI is InChI=1S/C54H104O6/c1-5-7-9-11-13-15-17-19-20-21-22-23-25-29-33-37-41-45-52(55)58-48-51(60-54(57)47-43-39-35-31-24-18-16-14-12-10-8-6-2)49-59-53(56)46-42-38-34-30-27-26-28-32-36-40-44-50(3)4/h50-51H,5-49H2,1-4H3/t51-/m0/s1. The Kier molecular flexibility index (Phi) is 47.2. The van der Waals surface area contributed by atoms with Gasteiger partial charge in [0, 0.05) is 19.3 Å². The van der Waals surface area contributed by atoms with Gasteiger partial charge in [-0.25, -0.2) is 0 Å². The van der Waals surface area contributed by atoms with E-state index in [-0.39, 0.29) is 31.1 Å². The van der Waals surface area contributed by atoms with E-state index in [4.69, 9.17) is 14.2 Å². The predicted molar refractivity (Wildman–Crippen MR) is 257 cm³/mol. The van der Waals surface area contributed by atoms with Crippen LogP contribution in [0.4, 0.5) is 0 Å². The van der Waals surface area contributed by atoms with Crippen LogP contribution in [0.3, 0.4) is 0 Å². The molecule has 0 heterocycles. The lowest BCUT2D eigenvalue weighted by Gasteiger charge is -2.18. The Bertz CT molecular complexity index is 903. The van der Waals surface area contributed by atoms with Crippen LogP contribution in [0.15, 0.2) is 0 Å². The lowest BCUT2D eigenvalue weighted by atomic mass is 10.0. The molecule has 0 aliphatic rings. The summed E-state index contributed by atoms with van der Waals surface area (Å²) in [6.45, 7) is 9.02. The SMILES string of the molecule is CCCCCCCCCCCCCCCCCCCC(=O)OC[C@@H](COC(=O)CCCCCCCCCCCCC(C)C)OC(=O)CCCCCCCCCCCCCC. The highest BCUT2D eigenvalue weighted by Gasteiger charge is 2.19. The third-order valence-electron chi connectivity index (χ3n) is 12.3. The number of carbonyl (C=O) groups is 3. The van der Waals surface area contributed by atoms with Crippen LogP contribution in [0.25, 0.3) is 0 Å². The molecule has 0 spiro atoms. The van der Waals surface area contributed by atoms with Crippen molar-refractivity contribution in [2.45, 2.75) is 310 Å². The van der Waals surface area contributed by atoms with Gasteiger partial charge in [0.1, 0.15) is 13.2 Å². The second-order valence-electron chi connectivity index (χ2n) is 19.0. The molecule has 60 heavy (non-hydrogen) atoms. The largest absolute Gasteiger partial charge is 0.462 e. The van der Waals surface area contributed by atoms with Crippen molar-refractivity contribution in [2.24, 2.45) is 5.92 Å². The van der Waals surface area contributed by atoms with Crippen LogP contribution in [0.1, 0.15) is 304 Å². The number of rotatable bonds is 49. The fourth-order valence-electron chi connectivity index (χ4n) is 8.22. The van der Waals surface area contributed by atoms with Gasteiger partial charge in [-0.3, -0.25) is 14.4 Å². The van der Waals surface area contributed by atoms with Gasteiger partial charge in [0.25, 0.3) is 0 Å². The van der Waals surface area contributed by atoms with Crippen molar-refractivity contribution in [3.8, 4) is 0 Å². The Labute approximate surface area is 374 Å². The number of hydrogen-bond donors (Lipinski definition) is 0. The van der Waals surface area contributed by atoms with Crippen LogP contribution in [0.2, 0.25) is 0 Å². The quantitative estimate of drug-likeness (QED) is 0.0345. The van der Waals surface area contributed by atoms with E-state index in [1.807, 2.05) is 0 Å². The first-order valence-electron chi connectivity index (χ1n) is 26.9. The maximum atomic E-state index is 12.8. The maximum Gasteiger partial charge on any atom is 0.306 e. The molecule has 0 saturated heterocycles. The van der Waals surface area contributed by atoms with E-state index in [1.165, 1.54) is 199 Å². The lowest BCUT2D eigenvalue weighted by Crippen LogP contribution is -2.30. The van der Waals surface area contributed by atoms with E-state index < -0.39 is 6.10 Å². The molecule has 0 saturated carbocycles. The van der Waals surface area contributed by atoms with Crippen molar-refractivity contribution in [3.63, 3.8) is 0 Å². The van der Waals surface area contributed by atoms with Gasteiger partial charge in [-0.05, 0) is 25.2 Å². The maximum absolute atomic E-state index is 12.8. The molecule has 0 aliphatic carbocycles. The highest BCUT2D eigenvalue weighted by Crippen LogP contribution is 2.17. The molecule has 0 rings (SSSR count). The molecule has 0 aliphatic heterocycles. The zero-order valence-corrected chi connectivity index (χ0v) is 40.9. The van der Waals surface area contributed by atoms with Gasteiger partial charge >= 0.3 is 17.9 Å². The molecule has 0 aromatic rings. The summed E-state index contributed by atoms with van der Waals surface area (Å²) in [4.78, 5) is 38.0. The molecule has 0 amide bonds. The van der Waals surface area contributed by atoms with Crippen LogP contribution >= 0.6 is 0 Å². The Balaban J connectivity index is 4.28. The van der Waals surface area contributed by atoms with Crippen molar-refractivity contribution in [1.82, 2.24) is 0 Å². The van der Waals surface area contributed by atoms with Gasteiger partial charge in [0.05, 0.1) is 0 Å². The molecule has 0 N–H and O–H groups in total. The highest BCUT2D eigenvalue weighted by molar-refractivity contribution is 5.71. The van der Waals surface area contributed by atoms with E-state index in [0.717, 1.165) is 63.7 Å². The van der Waals surface area contributed by atoms with Gasteiger partial charge in [0.2, 0.25) is 0 Å². The summed E-state index contributed by atoms with van der Waals surface area (Å²) < 4.78 is 16.8. The van der Waals surface area contributed by atoms with E-state index in [0.29, 0.717) is 19.3 Å². The summed E-state index contributed by atoms with van der Waals surface area (Å²) in [5.41, 5.74) is 0. The topological polar surface area (TPSA) is 78.9 Å². The first-order valence-corrected chi connectivity index (χ1v) is 26.9. The van der Waals surface area contributed by atoms with Crippen LogP contribution < -0.4 is 0 Å². The second-order valence-corrected chi connectivity index (χ2v) is 19.0. The van der Waals surface area contributed by atoms with Gasteiger partial charge in [-0.2, -0.15) is 0 Å². The Hall–Kier alpha value is -1.59. The minimum atomic E-state index is -0.761. The van der Waals surface area contributed by atoms with Crippen molar-refractivity contribution in [1.29, 1.82) is 0 Å². The molecule has 0 unspecified atom stereocenters. The Morgan fingerprint density at radius 1 is 0.317 bits per heavy atom. The average molecular weight is 849 g/mol. The fourth-order valence-corrected chi connectivity index (χ4v) is 8.22. The number of carbonyl (C=O) groups excluding carboxylic acids is 3. The van der Waals surface area contributed by atoms with Gasteiger partial charge in [-0.1, -0.05) is 265 Å². The molecule has 6 heteroatoms. The molecule has 0 aromatic carbocycles. The summed E-state index contributed by atoms with van der Waals surface area (Å²) in [7, 11) is 0. The predicted octanol–water partition coefficient (Wildman–Crippen LogP) is 17.5. The van der Waals surface area contributed by atoms with Crippen LogP contribution in [0, 0.1) is 5.92 Å². The summed E-state index contributed by atoms with van der Waals surface area (Å²) in [5.74, 6) is -0.0237. The number of ether oxygens (including phenoxy) is 3. The van der Waals surface area contributed by atoms with Crippen LogP contribution in [-0.4, -0.2) is 37.2 Å². The lowest BCUT2D eigenvalue weighted by molar-refractivity contribution is -0.167. The van der Waals surface area contributed by atoms with E-state index >= 15 is 0 Å². The monoisotopic (exact) mass is 849 g/mol. The number of hydrogen-bond acceptors (Lipinski definition) is 6. The first-order chi connectivity index (χ1) is 29.4. The third-order valence-corrected chi connectivity index (χ3v) is 12.3. The van der Waals surface area contributed by atoms with Crippen molar-refractivity contribution in [3.05, 3.63) is 0 Å². The minimum Gasteiger partial charge on any atom is -0.462 e. The van der Waals surface area contributed by atoms with Gasteiger partial charge in [0.15, 0.2) is 6.10 Å². The molecule has 6 nitrogen and oxygen atoms in total. The average Bonchev–Trinajstić information content (AvgIpc) is 3.23. The third kappa shape index (κ3) is 47.5. The highest BCUT2D eigenvalue weighted by atomic mass is 16.6. The zero-order chi connectivity index (χ0) is 43.8. The molecule has 0 radical (unpaired) electrons. The van der Waals surface area contributed by atoms with Crippen molar-refractivity contribution >= 4 is 17.9 Å². The molecule has 0 aromatic heterocycles. The zero-order valence-electron chi connectivity index (χ0n) is 40.9. The van der Waals surface area contributed by atoms with Gasteiger partial charge < -0.3 is 14.2 Å².